The lowest BCUT2D eigenvalue weighted by molar-refractivity contribution is -0.130. The Morgan fingerprint density at radius 2 is 1.93 bits per heavy atom. The molecule has 2 aliphatic heterocycles. The molecule has 2 fully saturated rings. The maximum Gasteiger partial charge on any atom is 0.409 e. The topological polar surface area (TPSA) is 79.0 Å². The van der Waals surface area contributed by atoms with Crippen LogP contribution in [0.25, 0.3) is 0 Å². The molecule has 0 aliphatic carbocycles. The molecule has 2 saturated heterocycles. The van der Waals surface area contributed by atoms with Gasteiger partial charge in [0.1, 0.15) is 0 Å². The second kappa shape index (κ2) is 8.41. The van der Waals surface area contributed by atoms with Gasteiger partial charge in [0, 0.05) is 37.8 Å². The molecule has 1 atom stereocenters. The zero-order chi connectivity index (χ0) is 19.4. The summed E-state index contributed by atoms with van der Waals surface area (Å²) in [7, 11) is 0. The summed E-state index contributed by atoms with van der Waals surface area (Å²) in [4.78, 5) is 40.4. The summed E-state index contributed by atoms with van der Waals surface area (Å²) in [6.45, 7) is 5.69. The van der Waals surface area contributed by atoms with Crippen LogP contribution in [0.2, 0.25) is 0 Å². The molecular weight excluding hydrogens is 346 g/mol. The maximum atomic E-state index is 12.6. The normalized spacial score (nSPS) is 20.7. The number of nitrogens with one attached hydrogen (secondary N) is 1. The van der Waals surface area contributed by atoms with Crippen LogP contribution >= 0.6 is 0 Å². The summed E-state index contributed by atoms with van der Waals surface area (Å²) in [5.41, 5.74) is 1.79. The summed E-state index contributed by atoms with van der Waals surface area (Å²) in [5, 5.41) is 2.94. The molecule has 7 nitrogen and oxygen atoms in total. The van der Waals surface area contributed by atoms with Crippen LogP contribution < -0.4 is 5.32 Å². The van der Waals surface area contributed by atoms with Gasteiger partial charge in [-0.05, 0) is 38.3 Å². The van der Waals surface area contributed by atoms with E-state index >= 15 is 0 Å². The number of amides is 3. The van der Waals surface area contributed by atoms with Gasteiger partial charge in [-0.15, -0.1) is 0 Å². The van der Waals surface area contributed by atoms with Gasteiger partial charge < -0.3 is 19.9 Å². The largest absolute Gasteiger partial charge is 0.450 e. The van der Waals surface area contributed by atoms with Crippen molar-refractivity contribution in [1.29, 1.82) is 0 Å². The SMILES string of the molecule is CCOC(=O)N1CCC(N2CC(C(=O)Nc3ccccc3C)CC2=O)CC1. The Bertz CT molecular complexity index is 713. The molecule has 1 unspecified atom stereocenters. The molecule has 2 aliphatic rings. The number of para-hydroxylation sites is 1. The average Bonchev–Trinajstić information content (AvgIpc) is 3.06. The van der Waals surface area contributed by atoms with Crippen LogP contribution in [0.5, 0.6) is 0 Å². The van der Waals surface area contributed by atoms with E-state index in [-0.39, 0.29) is 36.3 Å². The zero-order valence-corrected chi connectivity index (χ0v) is 15.9. The van der Waals surface area contributed by atoms with Crippen LogP contribution in [-0.4, -0.2) is 60.0 Å². The Labute approximate surface area is 159 Å². The quantitative estimate of drug-likeness (QED) is 0.879. The number of carbonyl (C=O) groups is 3. The van der Waals surface area contributed by atoms with Crippen LogP contribution in [-0.2, 0) is 14.3 Å². The smallest absolute Gasteiger partial charge is 0.409 e. The second-order valence-corrected chi connectivity index (χ2v) is 7.17. The fourth-order valence-corrected chi connectivity index (χ4v) is 3.78. The van der Waals surface area contributed by atoms with Crippen molar-refractivity contribution in [2.75, 3.05) is 31.6 Å². The number of ether oxygens (including phenoxy) is 1. The highest BCUT2D eigenvalue weighted by Crippen LogP contribution is 2.27. The Hall–Kier alpha value is -2.57. The summed E-state index contributed by atoms with van der Waals surface area (Å²) < 4.78 is 5.03. The summed E-state index contributed by atoms with van der Waals surface area (Å²) in [6, 6.07) is 7.70. The van der Waals surface area contributed by atoms with Crippen molar-refractivity contribution in [3.05, 3.63) is 29.8 Å². The molecule has 7 heteroatoms. The summed E-state index contributed by atoms with van der Waals surface area (Å²) in [5.74, 6) is -0.418. The molecule has 3 rings (SSSR count). The van der Waals surface area contributed by atoms with Gasteiger partial charge in [-0.1, -0.05) is 18.2 Å². The lowest BCUT2D eigenvalue weighted by Crippen LogP contribution is -2.47. The highest BCUT2D eigenvalue weighted by molar-refractivity contribution is 5.97. The number of carbonyl (C=O) groups excluding carboxylic acids is 3. The fraction of sp³-hybridized carbons (Fsp3) is 0.550. The predicted molar refractivity (Wildman–Crippen MR) is 101 cm³/mol. The number of nitrogens with zero attached hydrogens (tertiary/aromatic N) is 2. The number of likely N-dealkylation sites (tertiary alicyclic amines) is 2. The molecule has 1 N–H and O–H groups in total. The minimum Gasteiger partial charge on any atom is -0.450 e. The van der Waals surface area contributed by atoms with Crippen molar-refractivity contribution < 1.29 is 19.1 Å². The van der Waals surface area contributed by atoms with Crippen molar-refractivity contribution in [2.45, 2.75) is 39.2 Å². The molecule has 0 spiro atoms. The third kappa shape index (κ3) is 4.40. The molecular formula is C20H27N3O4. The van der Waals surface area contributed by atoms with E-state index in [2.05, 4.69) is 5.32 Å². The van der Waals surface area contributed by atoms with Crippen LogP contribution in [0.4, 0.5) is 10.5 Å². The Morgan fingerprint density at radius 3 is 2.59 bits per heavy atom. The lowest BCUT2D eigenvalue weighted by atomic mass is 10.0. The fourth-order valence-electron chi connectivity index (χ4n) is 3.78. The third-order valence-electron chi connectivity index (χ3n) is 5.36. The van der Waals surface area contributed by atoms with Gasteiger partial charge in [-0.2, -0.15) is 0 Å². The minimum atomic E-state index is -0.333. The van der Waals surface area contributed by atoms with Crippen LogP contribution in [0.3, 0.4) is 0 Å². The van der Waals surface area contributed by atoms with Crippen LogP contribution in [0.1, 0.15) is 31.7 Å². The average molecular weight is 373 g/mol. The Morgan fingerprint density at radius 1 is 1.22 bits per heavy atom. The Balaban J connectivity index is 1.54. The first-order chi connectivity index (χ1) is 13.0. The molecule has 0 radical (unpaired) electrons. The standard InChI is InChI=1S/C20H27N3O4/c1-3-27-20(26)22-10-8-16(9-11-22)23-13-15(12-18(23)24)19(25)21-17-7-5-4-6-14(17)2/h4-7,15-16H,3,8-13H2,1-2H3,(H,21,25). The van der Waals surface area contributed by atoms with E-state index in [1.165, 1.54) is 0 Å². The molecule has 2 heterocycles. The molecule has 1 aromatic carbocycles. The number of rotatable bonds is 4. The zero-order valence-electron chi connectivity index (χ0n) is 15.9. The van der Waals surface area contributed by atoms with E-state index in [4.69, 9.17) is 4.74 Å². The molecule has 0 bridgehead atoms. The van der Waals surface area contributed by atoms with E-state index in [1.54, 1.807) is 11.8 Å². The number of anilines is 1. The van der Waals surface area contributed by atoms with E-state index in [9.17, 15) is 14.4 Å². The van der Waals surface area contributed by atoms with Gasteiger partial charge in [0.15, 0.2) is 0 Å². The monoisotopic (exact) mass is 373 g/mol. The number of aryl methyl sites for hydroxylation is 1. The summed E-state index contributed by atoms with van der Waals surface area (Å²) >= 11 is 0. The van der Waals surface area contributed by atoms with Gasteiger partial charge in [0.05, 0.1) is 12.5 Å². The van der Waals surface area contributed by atoms with Gasteiger partial charge in [0.2, 0.25) is 11.8 Å². The van der Waals surface area contributed by atoms with Gasteiger partial charge in [0.25, 0.3) is 0 Å². The third-order valence-corrected chi connectivity index (χ3v) is 5.36. The van der Waals surface area contributed by atoms with Gasteiger partial charge in [-0.3, -0.25) is 9.59 Å². The first kappa shape index (κ1) is 19.2. The molecule has 3 amide bonds. The van der Waals surface area contributed by atoms with Gasteiger partial charge >= 0.3 is 6.09 Å². The summed E-state index contributed by atoms with van der Waals surface area (Å²) in [6.07, 6.45) is 1.39. The van der Waals surface area contributed by atoms with Crippen molar-refractivity contribution >= 4 is 23.6 Å². The molecule has 0 aromatic heterocycles. The van der Waals surface area contributed by atoms with Crippen LogP contribution in [0.15, 0.2) is 24.3 Å². The molecule has 1 aromatic rings. The van der Waals surface area contributed by atoms with Crippen molar-refractivity contribution in [1.82, 2.24) is 9.80 Å². The molecule has 27 heavy (non-hydrogen) atoms. The van der Waals surface area contributed by atoms with E-state index < -0.39 is 0 Å². The molecule has 146 valence electrons. The number of piperidine rings is 1. The first-order valence-electron chi connectivity index (χ1n) is 9.57. The van der Waals surface area contributed by atoms with Crippen LogP contribution in [0, 0.1) is 12.8 Å². The minimum absolute atomic E-state index is 0.0227. The van der Waals surface area contributed by atoms with Gasteiger partial charge in [-0.25, -0.2) is 4.79 Å². The van der Waals surface area contributed by atoms with E-state index in [0.717, 1.165) is 24.1 Å². The predicted octanol–water partition coefficient (Wildman–Crippen LogP) is 2.40. The lowest BCUT2D eigenvalue weighted by Gasteiger charge is -2.36. The Kier molecular flexibility index (Phi) is 5.98. The number of hydrogen-bond donors (Lipinski definition) is 1. The highest BCUT2D eigenvalue weighted by Gasteiger charge is 2.39. The molecule has 0 saturated carbocycles. The number of hydrogen-bond acceptors (Lipinski definition) is 4. The first-order valence-corrected chi connectivity index (χ1v) is 9.57. The highest BCUT2D eigenvalue weighted by atomic mass is 16.6. The van der Waals surface area contributed by atoms with Crippen molar-refractivity contribution in [3.63, 3.8) is 0 Å². The van der Waals surface area contributed by atoms with E-state index in [1.807, 2.05) is 36.1 Å². The van der Waals surface area contributed by atoms with Crippen molar-refractivity contribution in [2.24, 2.45) is 5.92 Å². The van der Waals surface area contributed by atoms with E-state index in [0.29, 0.717) is 26.2 Å². The second-order valence-electron chi connectivity index (χ2n) is 7.17. The number of benzene rings is 1. The van der Waals surface area contributed by atoms with Crippen molar-refractivity contribution in [3.8, 4) is 0 Å². The maximum absolute atomic E-state index is 12.6.